The Morgan fingerprint density at radius 1 is 1.16 bits per heavy atom. The van der Waals surface area contributed by atoms with Gasteiger partial charge in [0.25, 0.3) is 5.91 Å². The second-order valence-electron chi connectivity index (χ2n) is 6.44. The fourth-order valence-electron chi connectivity index (χ4n) is 2.61. The average molecular weight is 466 g/mol. The fourth-order valence-corrected chi connectivity index (χ4v) is 3.84. The summed E-state index contributed by atoms with van der Waals surface area (Å²) in [5, 5.41) is 9.16. The molecular formula is C21H15ClF3N3O2S. The number of nitrogens with zero attached hydrogens (tertiary/aromatic N) is 3. The van der Waals surface area contributed by atoms with Gasteiger partial charge in [0.15, 0.2) is 4.67 Å². The molecule has 0 saturated heterocycles. The van der Waals surface area contributed by atoms with Crippen LogP contribution in [0.1, 0.15) is 16.8 Å². The first-order valence-corrected chi connectivity index (χ1v) is 10.1. The van der Waals surface area contributed by atoms with E-state index in [9.17, 15) is 18.0 Å². The van der Waals surface area contributed by atoms with Crippen LogP contribution in [0.2, 0.25) is 5.02 Å². The predicted octanol–water partition coefficient (Wildman–Crippen LogP) is 5.52. The van der Waals surface area contributed by atoms with Gasteiger partial charge in [-0.1, -0.05) is 23.7 Å². The summed E-state index contributed by atoms with van der Waals surface area (Å²) in [6.07, 6.45) is -4.37. The van der Waals surface area contributed by atoms with Crippen molar-refractivity contribution in [2.75, 3.05) is 0 Å². The summed E-state index contributed by atoms with van der Waals surface area (Å²) in [5.41, 5.74) is 0.601. The zero-order valence-corrected chi connectivity index (χ0v) is 17.7. The number of ether oxygens (including phenoxy) is 1. The Bertz CT molecular complexity index is 1190. The zero-order valence-electron chi connectivity index (χ0n) is 16.1. The van der Waals surface area contributed by atoms with Crippen molar-refractivity contribution in [1.29, 1.82) is 5.26 Å². The molecule has 0 bridgehead atoms. The van der Waals surface area contributed by atoms with Crippen LogP contribution in [-0.4, -0.2) is 9.86 Å². The summed E-state index contributed by atoms with van der Waals surface area (Å²) >= 11 is 7.32. The van der Waals surface area contributed by atoms with Gasteiger partial charge in [-0.25, -0.2) is 0 Å². The van der Waals surface area contributed by atoms with Crippen molar-refractivity contribution < 1.29 is 22.7 Å². The Morgan fingerprint density at radius 2 is 1.74 bits per heavy atom. The van der Waals surface area contributed by atoms with Gasteiger partial charge in [-0.3, -0.25) is 8.75 Å². The Hall–Kier alpha value is -3.09. The van der Waals surface area contributed by atoms with Gasteiger partial charge in [0.1, 0.15) is 18.0 Å². The summed E-state index contributed by atoms with van der Waals surface area (Å²) < 4.78 is 45.4. The Kier molecular flexibility index (Phi) is 6.83. The maximum absolute atomic E-state index is 12.6. The fraction of sp³-hybridized carbons (Fsp3) is 0.190. The molecule has 0 N–H and O–H groups in total. The number of nitriles is 1. The number of carbonyl (C=O) groups excluding carboxylic acids is 1. The maximum Gasteiger partial charge on any atom is 0.416 e. The number of hydrogen-bond acceptors (Lipinski definition) is 4. The summed E-state index contributed by atoms with van der Waals surface area (Å²) in [6, 6.07) is 13.0. The molecule has 160 valence electrons. The van der Waals surface area contributed by atoms with Gasteiger partial charge in [0.2, 0.25) is 0 Å². The molecule has 0 aliphatic carbocycles. The third-order valence-electron chi connectivity index (χ3n) is 4.21. The minimum atomic E-state index is -4.40. The molecule has 0 atom stereocenters. The Labute approximate surface area is 184 Å². The van der Waals surface area contributed by atoms with Crippen molar-refractivity contribution in [3.8, 4) is 17.6 Å². The number of carbonyl (C=O) groups is 1. The van der Waals surface area contributed by atoms with Crippen molar-refractivity contribution in [3.05, 3.63) is 75.0 Å². The summed E-state index contributed by atoms with van der Waals surface area (Å²) in [5.74, 6) is 0.284. The van der Waals surface area contributed by atoms with Crippen molar-refractivity contribution in [2.45, 2.75) is 26.1 Å². The van der Waals surface area contributed by atoms with Gasteiger partial charge in [-0.2, -0.15) is 23.4 Å². The molecule has 1 aromatic heterocycles. The average Bonchev–Trinajstić information content (AvgIpc) is 2.97. The van der Waals surface area contributed by atoms with Crippen LogP contribution in [0.25, 0.3) is 0 Å². The first-order valence-electron chi connectivity index (χ1n) is 8.92. The lowest BCUT2D eigenvalue weighted by Gasteiger charge is -2.09. The number of benzene rings is 2. The highest BCUT2D eigenvalue weighted by Gasteiger charge is 2.30. The second kappa shape index (κ2) is 9.37. The lowest BCUT2D eigenvalue weighted by atomic mass is 10.1. The molecule has 10 heteroatoms. The van der Waals surface area contributed by atoms with E-state index < -0.39 is 17.6 Å². The molecule has 0 aliphatic heterocycles. The molecule has 0 unspecified atom stereocenters. The lowest BCUT2D eigenvalue weighted by Crippen LogP contribution is -2.06. The lowest BCUT2D eigenvalue weighted by molar-refractivity contribution is -0.137. The van der Waals surface area contributed by atoms with Crippen LogP contribution in [0.5, 0.6) is 11.5 Å². The standard InChI is InChI=1S/C21H15ClF3N3O2S/c1-13-19(22)20(31-28(13)11-10-26)27-18(29)12-14-2-6-16(7-3-14)30-17-8-4-15(5-9-17)21(23,24)25/h2-9H,11-12H2,1H3. The molecule has 0 saturated carbocycles. The van der Waals surface area contributed by atoms with Crippen LogP contribution in [-0.2, 0) is 23.9 Å². The van der Waals surface area contributed by atoms with E-state index in [4.69, 9.17) is 21.6 Å². The van der Waals surface area contributed by atoms with Crippen molar-refractivity contribution in [1.82, 2.24) is 3.96 Å². The van der Waals surface area contributed by atoms with E-state index in [0.29, 0.717) is 26.7 Å². The molecule has 3 rings (SSSR count). The van der Waals surface area contributed by atoms with Crippen LogP contribution in [0, 0.1) is 18.3 Å². The van der Waals surface area contributed by atoms with Crippen LogP contribution in [0.15, 0.2) is 53.5 Å². The van der Waals surface area contributed by atoms with Gasteiger partial charge in [-0.15, -0.1) is 0 Å². The third kappa shape index (κ3) is 5.75. The number of amides is 1. The van der Waals surface area contributed by atoms with Crippen molar-refractivity contribution in [2.24, 2.45) is 4.99 Å². The summed E-state index contributed by atoms with van der Waals surface area (Å²) in [6.45, 7) is 1.87. The van der Waals surface area contributed by atoms with Gasteiger partial charge in [0.05, 0.1) is 23.1 Å². The molecule has 0 fully saturated rings. The van der Waals surface area contributed by atoms with E-state index >= 15 is 0 Å². The monoisotopic (exact) mass is 465 g/mol. The SMILES string of the molecule is Cc1c(Cl)c(=NC(=O)Cc2ccc(Oc3ccc(C(F)(F)F)cc3)cc2)sn1CC#N. The molecule has 0 aliphatic rings. The van der Waals surface area contributed by atoms with E-state index in [1.807, 2.05) is 6.07 Å². The smallest absolute Gasteiger partial charge is 0.416 e. The molecule has 0 spiro atoms. The van der Waals surface area contributed by atoms with E-state index in [1.54, 1.807) is 35.1 Å². The summed E-state index contributed by atoms with van der Waals surface area (Å²) in [7, 11) is 0. The normalized spacial score (nSPS) is 11.9. The van der Waals surface area contributed by atoms with E-state index in [-0.39, 0.29) is 18.7 Å². The molecule has 2 aromatic carbocycles. The quantitative estimate of drug-likeness (QED) is 0.498. The van der Waals surface area contributed by atoms with Crippen molar-refractivity contribution in [3.63, 3.8) is 0 Å². The zero-order chi connectivity index (χ0) is 22.6. The second-order valence-corrected chi connectivity index (χ2v) is 7.83. The third-order valence-corrected chi connectivity index (χ3v) is 5.87. The first-order chi connectivity index (χ1) is 14.7. The van der Waals surface area contributed by atoms with Gasteiger partial charge < -0.3 is 4.74 Å². The largest absolute Gasteiger partial charge is 0.457 e. The molecule has 31 heavy (non-hydrogen) atoms. The van der Waals surface area contributed by atoms with Crippen LogP contribution in [0.4, 0.5) is 13.2 Å². The van der Waals surface area contributed by atoms with Gasteiger partial charge in [-0.05, 0) is 60.4 Å². The highest BCUT2D eigenvalue weighted by atomic mass is 35.5. The number of halogens is 4. The van der Waals surface area contributed by atoms with Crippen LogP contribution < -0.4 is 9.41 Å². The number of aromatic nitrogens is 1. The minimum Gasteiger partial charge on any atom is -0.457 e. The Morgan fingerprint density at radius 3 is 2.29 bits per heavy atom. The first kappa shape index (κ1) is 22.6. The van der Waals surface area contributed by atoms with E-state index in [2.05, 4.69) is 4.99 Å². The molecule has 0 radical (unpaired) electrons. The predicted molar refractivity (Wildman–Crippen MR) is 110 cm³/mol. The molecule has 3 aromatic rings. The molecule has 1 amide bonds. The maximum atomic E-state index is 12.6. The summed E-state index contributed by atoms with van der Waals surface area (Å²) in [4.78, 5) is 16.3. The molecular weight excluding hydrogens is 451 g/mol. The van der Waals surface area contributed by atoms with Crippen LogP contribution >= 0.6 is 23.1 Å². The highest BCUT2D eigenvalue weighted by Crippen LogP contribution is 2.31. The molecule has 5 nitrogen and oxygen atoms in total. The van der Waals surface area contributed by atoms with Crippen molar-refractivity contribution >= 4 is 29.0 Å². The number of rotatable bonds is 5. The van der Waals surface area contributed by atoms with Gasteiger partial charge in [0, 0.05) is 5.69 Å². The topological polar surface area (TPSA) is 67.4 Å². The minimum absolute atomic E-state index is 0.0338. The van der Waals surface area contributed by atoms with E-state index in [0.717, 1.165) is 23.7 Å². The molecule has 1 heterocycles. The van der Waals surface area contributed by atoms with Gasteiger partial charge >= 0.3 is 6.18 Å². The Balaban J connectivity index is 1.66. The number of alkyl halides is 3. The number of hydrogen-bond donors (Lipinski definition) is 0. The van der Waals surface area contributed by atoms with Crippen LogP contribution in [0.3, 0.4) is 0 Å². The van der Waals surface area contributed by atoms with E-state index in [1.165, 1.54) is 12.1 Å². The highest BCUT2D eigenvalue weighted by molar-refractivity contribution is 7.04.